The number of aromatic nitrogens is 2. The molecule has 1 aliphatic heterocycles. The van der Waals surface area contributed by atoms with Crippen LogP contribution in [0.1, 0.15) is 30.5 Å². The smallest absolute Gasteiger partial charge is 0.315 e. The second-order valence-electron chi connectivity index (χ2n) is 5.07. The van der Waals surface area contributed by atoms with Gasteiger partial charge in [-0.25, -0.2) is 4.79 Å². The Morgan fingerprint density at radius 2 is 2.42 bits per heavy atom. The summed E-state index contributed by atoms with van der Waals surface area (Å²) in [6.07, 6.45) is 5.26. The number of hydrogen-bond donors (Lipinski definition) is 3. The number of carbonyl (C=O) groups is 1. The van der Waals surface area contributed by atoms with Gasteiger partial charge in [0, 0.05) is 37.4 Å². The van der Waals surface area contributed by atoms with Gasteiger partial charge in [0.15, 0.2) is 0 Å². The number of carbonyl (C=O) groups excluding carboxylic acids is 1. The van der Waals surface area contributed by atoms with E-state index in [9.17, 15) is 4.79 Å². The van der Waals surface area contributed by atoms with Crippen molar-refractivity contribution in [2.45, 2.75) is 38.8 Å². The molecule has 6 nitrogen and oxygen atoms in total. The first-order valence-corrected chi connectivity index (χ1v) is 6.89. The summed E-state index contributed by atoms with van der Waals surface area (Å²) in [5, 5.41) is 13.3. The minimum Gasteiger partial charge on any atom is -0.338 e. The average Bonchev–Trinajstić information content (AvgIpc) is 3.00. The molecule has 2 amide bonds. The number of nitrogens with one attached hydrogen (secondary N) is 3. The zero-order valence-electron chi connectivity index (χ0n) is 11.7. The zero-order valence-corrected chi connectivity index (χ0v) is 11.7. The van der Waals surface area contributed by atoms with Crippen LogP contribution in [0.25, 0.3) is 0 Å². The van der Waals surface area contributed by atoms with Crippen molar-refractivity contribution in [3.05, 3.63) is 17.5 Å². The van der Waals surface area contributed by atoms with Crippen LogP contribution in [0, 0.1) is 6.92 Å². The highest BCUT2D eigenvalue weighted by molar-refractivity contribution is 5.73. The summed E-state index contributed by atoms with van der Waals surface area (Å²) in [5.74, 6) is 0. The number of urea groups is 1. The summed E-state index contributed by atoms with van der Waals surface area (Å²) < 4.78 is 1.81. The van der Waals surface area contributed by atoms with Crippen LogP contribution >= 0.6 is 0 Å². The van der Waals surface area contributed by atoms with Crippen LogP contribution in [0.15, 0.2) is 6.20 Å². The van der Waals surface area contributed by atoms with E-state index in [0.29, 0.717) is 12.6 Å². The van der Waals surface area contributed by atoms with E-state index in [-0.39, 0.29) is 6.03 Å². The number of amides is 2. The molecular formula is C13H23N5O. The number of hydrogen-bond acceptors (Lipinski definition) is 3. The van der Waals surface area contributed by atoms with Gasteiger partial charge in [0.05, 0.1) is 6.20 Å². The first kappa shape index (κ1) is 13.9. The van der Waals surface area contributed by atoms with Crippen LogP contribution in [-0.2, 0) is 13.6 Å². The fraction of sp³-hybridized carbons (Fsp3) is 0.692. The van der Waals surface area contributed by atoms with Crippen molar-refractivity contribution in [3.8, 4) is 0 Å². The van der Waals surface area contributed by atoms with E-state index < -0.39 is 0 Å². The molecule has 0 unspecified atom stereocenters. The van der Waals surface area contributed by atoms with Gasteiger partial charge in [-0.2, -0.15) is 5.10 Å². The quantitative estimate of drug-likeness (QED) is 0.733. The van der Waals surface area contributed by atoms with Gasteiger partial charge in [0.25, 0.3) is 0 Å². The highest BCUT2D eigenvalue weighted by Gasteiger charge is 2.13. The van der Waals surface area contributed by atoms with Crippen molar-refractivity contribution in [1.82, 2.24) is 25.7 Å². The minimum absolute atomic E-state index is 0.110. The van der Waals surface area contributed by atoms with Gasteiger partial charge in [-0.15, -0.1) is 0 Å². The van der Waals surface area contributed by atoms with Gasteiger partial charge >= 0.3 is 6.03 Å². The summed E-state index contributed by atoms with van der Waals surface area (Å²) in [6.45, 7) is 4.34. The Kier molecular flexibility index (Phi) is 4.79. The van der Waals surface area contributed by atoms with E-state index in [0.717, 1.165) is 30.8 Å². The molecule has 1 fully saturated rings. The Hall–Kier alpha value is -1.56. The van der Waals surface area contributed by atoms with Crippen molar-refractivity contribution in [3.63, 3.8) is 0 Å². The Labute approximate surface area is 113 Å². The lowest BCUT2D eigenvalue weighted by atomic mass is 10.1. The van der Waals surface area contributed by atoms with E-state index >= 15 is 0 Å². The van der Waals surface area contributed by atoms with Crippen molar-refractivity contribution < 1.29 is 4.79 Å². The molecule has 19 heavy (non-hydrogen) atoms. The number of nitrogens with zero attached hydrogens (tertiary/aromatic N) is 2. The van der Waals surface area contributed by atoms with Crippen LogP contribution < -0.4 is 16.0 Å². The molecular weight excluding hydrogens is 242 g/mol. The van der Waals surface area contributed by atoms with E-state index in [1.807, 2.05) is 14.0 Å². The summed E-state index contributed by atoms with van der Waals surface area (Å²) >= 11 is 0. The van der Waals surface area contributed by atoms with Crippen LogP contribution in [0.2, 0.25) is 0 Å². The van der Waals surface area contributed by atoms with Gasteiger partial charge in [0.2, 0.25) is 0 Å². The fourth-order valence-electron chi connectivity index (χ4n) is 2.32. The molecule has 0 radical (unpaired) electrons. The first-order chi connectivity index (χ1) is 9.16. The Bertz CT molecular complexity index is 423. The van der Waals surface area contributed by atoms with Gasteiger partial charge < -0.3 is 16.0 Å². The second-order valence-corrected chi connectivity index (χ2v) is 5.07. The summed E-state index contributed by atoms with van der Waals surface area (Å²) in [7, 11) is 1.90. The van der Waals surface area contributed by atoms with Gasteiger partial charge in [0.1, 0.15) is 0 Å². The van der Waals surface area contributed by atoms with E-state index in [1.54, 1.807) is 10.9 Å². The van der Waals surface area contributed by atoms with Crippen LogP contribution in [-0.4, -0.2) is 34.9 Å². The third kappa shape index (κ3) is 3.96. The van der Waals surface area contributed by atoms with E-state index in [4.69, 9.17) is 0 Å². The largest absolute Gasteiger partial charge is 0.338 e. The Morgan fingerprint density at radius 3 is 3.05 bits per heavy atom. The third-order valence-corrected chi connectivity index (χ3v) is 3.72. The molecule has 1 atom stereocenters. The molecule has 6 heteroatoms. The van der Waals surface area contributed by atoms with Crippen molar-refractivity contribution in [1.29, 1.82) is 0 Å². The van der Waals surface area contributed by atoms with Crippen molar-refractivity contribution in [2.75, 3.05) is 13.1 Å². The SMILES string of the molecule is Cc1c(CNC(=O)NCC[C@H]2CCCN2)cnn1C. The molecule has 1 aromatic rings. The molecule has 0 aliphatic carbocycles. The predicted octanol–water partition coefficient (Wildman–Crippen LogP) is 0.670. The molecule has 2 heterocycles. The fourth-order valence-corrected chi connectivity index (χ4v) is 2.32. The molecule has 0 spiro atoms. The molecule has 1 saturated heterocycles. The lowest BCUT2D eigenvalue weighted by molar-refractivity contribution is 0.240. The summed E-state index contributed by atoms with van der Waals surface area (Å²) in [4.78, 5) is 11.6. The molecule has 0 aromatic carbocycles. The van der Waals surface area contributed by atoms with Crippen LogP contribution in [0.4, 0.5) is 4.79 Å². The molecule has 2 rings (SSSR count). The molecule has 106 valence electrons. The highest BCUT2D eigenvalue weighted by Crippen LogP contribution is 2.07. The number of rotatable bonds is 5. The first-order valence-electron chi connectivity index (χ1n) is 6.89. The second kappa shape index (κ2) is 6.56. The zero-order chi connectivity index (χ0) is 13.7. The molecule has 1 aliphatic rings. The maximum Gasteiger partial charge on any atom is 0.315 e. The average molecular weight is 265 g/mol. The lowest BCUT2D eigenvalue weighted by Crippen LogP contribution is -2.37. The van der Waals surface area contributed by atoms with E-state index in [2.05, 4.69) is 21.0 Å². The maximum absolute atomic E-state index is 11.6. The van der Waals surface area contributed by atoms with Crippen LogP contribution in [0.5, 0.6) is 0 Å². The molecule has 0 saturated carbocycles. The highest BCUT2D eigenvalue weighted by atomic mass is 16.2. The molecule has 3 N–H and O–H groups in total. The Morgan fingerprint density at radius 1 is 1.58 bits per heavy atom. The number of aryl methyl sites for hydroxylation is 1. The molecule has 1 aromatic heterocycles. The standard InChI is InChI=1S/C13H23N5O/c1-10-11(9-17-18(10)2)8-16-13(19)15-7-5-12-4-3-6-14-12/h9,12,14H,3-8H2,1-2H3,(H2,15,16,19)/t12-/m1/s1. The maximum atomic E-state index is 11.6. The van der Waals surface area contributed by atoms with Gasteiger partial charge in [-0.05, 0) is 32.7 Å². The normalized spacial score (nSPS) is 18.5. The monoisotopic (exact) mass is 265 g/mol. The summed E-state index contributed by atoms with van der Waals surface area (Å²) in [6, 6.07) is 0.460. The third-order valence-electron chi connectivity index (χ3n) is 3.72. The lowest BCUT2D eigenvalue weighted by Gasteiger charge is -2.11. The van der Waals surface area contributed by atoms with Crippen molar-refractivity contribution >= 4 is 6.03 Å². The van der Waals surface area contributed by atoms with Gasteiger partial charge in [-0.1, -0.05) is 0 Å². The Balaban J connectivity index is 1.63. The molecule has 0 bridgehead atoms. The predicted molar refractivity (Wildman–Crippen MR) is 73.8 cm³/mol. The summed E-state index contributed by atoms with van der Waals surface area (Å²) in [5.41, 5.74) is 2.13. The van der Waals surface area contributed by atoms with Gasteiger partial charge in [-0.3, -0.25) is 4.68 Å². The van der Waals surface area contributed by atoms with E-state index in [1.165, 1.54) is 12.8 Å². The topological polar surface area (TPSA) is 71.0 Å². The van der Waals surface area contributed by atoms with Crippen LogP contribution in [0.3, 0.4) is 0 Å². The minimum atomic E-state index is -0.110. The van der Waals surface area contributed by atoms with Crippen molar-refractivity contribution in [2.24, 2.45) is 7.05 Å².